The lowest BCUT2D eigenvalue weighted by molar-refractivity contribution is -0.144. The number of halogens is 1. The van der Waals surface area contributed by atoms with Gasteiger partial charge in [-0.2, -0.15) is 0 Å². The SMILES string of the molecule is Cc1cc(OCC(=O)OCC(=O)c2ccc3c(c2)[C@@H](C)C(=O)N3)ccc1Cl. The number of carbonyl (C=O) groups excluding carboxylic acids is 3. The summed E-state index contributed by atoms with van der Waals surface area (Å²) < 4.78 is 10.3. The molecule has 2 aromatic rings. The van der Waals surface area contributed by atoms with Gasteiger partial charge in [-0.25, -0.2) is 4.79 Å². The highest BCUT2D eigenvalue weighted by atomic mass is 35.5. The highest BCUT2D eigenvalue weighted by Gasteiger charge is 2.27. The summed E-state index contributed by atoms with van der Waals surface area (Å²) in [6.07, 6.45) is 0. The zero-order chi connectivity index (χ0) is 19.6. The third-order valence-corrected chi connectivity index (χ3v) is 4.77. The molecular weight excluding hydrogens is 370 g/mol. The second-order valence-electron chi connectivity index (χ2n) is 6.30. The molecule has 0 saturated heterocycles. The van der Waals surface area contributed by atoms with E-state index in [4.69, 9.17) is 21.1 Å². The number of amides is 1. The normalized spacial score (nSPS) is 15.1. The fourth-order valence-corrected chi connectivity index (χ4v) is 2.83. The van der Waals surface area contributed by atoms with Crippen molar-refractivity contribution in [1.29, 1.82) is 0 Å². The summed E-state index contributed by atoms with van der Waals surface area (Å²) in [6, 6.07) is 9.96. The molecule has 6 nitrogen and oxygen atoms in total. The molecule has 1 aliphatic rings. The third kappa shape index (κ3) is 4.28. The van der Waals surface area contributed by atoms with Gasteiger partial charge >= 0.3 is 5.97 Å². The number of ketones is 1. The van der Waals surface area contributed by atoms with Gasteiger partial charge in [0.1, 0.15) is 5.75 Å². The number of anilines is 1. The fraction of sp³-hybridized carbons (Fsp3) is 0.250. The predicted molar refractivity (Wildman–Crippen MR) is 100 cm³/mol. The van der Waals surface area contributed by atoms with Gasteiger partial charge in [-0.15, -0.1) is 0 Å². The standard InChI is InChI=1S/C20H18ClNO5/c1-11-7-14(4-5-16(11)21)26-10-19(24)27-9-18(23)13-3-6-17-15(8-13)12(2)20(25)22-17/h3-8,12H,9-10H2,1-2H3,(H,22,25)/t12-/m1/s1. The van der Waals surface area contributed by atoms with Crippen molar-refractivity contribution in [1.82, 2.24) is 0 Å². The highest BCUT2D eigenvalue weighted by Crippen LogP contribution is 2.32. The molecule has 1 heterocycles. The molecule has 0 fully saturated rings. The van der Waals surface area contributed by atoms with Crippen LogP contribution in [0.5, 0.6) is 5.75 Å². The maximum Gasteiger partial charge on any atom is 0.344 e. The van der Waals surface area contributed by atoms with Crippen molar-refractivity contribution in [2.45, 2.75) is 19.8 Å². The molecule has 1 aliphatic heterocycles. The number of aryl methyl sites for hydroxylation is 1. The lowest BCUT2D eigenvalue weighted by Crippen LogP contribution is -2.19. The van der Waals surface area contributed by atoms with E-state index in [9.17, 15) is 14.4 Å². The Morgan fingerprint density at radius 2 is 1.93 bits per heavy atom. The van der Waals surface area contributed by atoms with Crippen molar-refractivity contribution in [3.05, 3.63) is 58.1 Å². The third-order valence-electron chi connectivity index (χ3n) is 4.34. The number of Topliss-reactive ketones (excluding diaryl/α,β-unsaturated/α-hetero) is 1. The van der Waals surface area contributed by atoms with Gasteiger partial charge in [-0.1, -0.05) is 11.6 Å². The fourth-order valence-electron chi connectivity index (χ4n) is 2.71. The number of rotatable bonds is 6. The van der Waals surface area contributed by atoms with E-state index in [0.29, 0.717) is 22.0 Å². The van der Waals surface area contributed by atoms with Crippen molar-refractivity contribution in [3.8, 4) is 5.75 Å². The van der Waals surface area contributed by atoms with Crippen LogP contribution in [-0.2, 0) is 14.3 Å². The summed E-state index contributed by atoms with van der Waals surface area (Å²) in [6.45, 7) is 2.89. The molecule has 0 spiro atoms. The first-order valence-electron chi connectivity index (χ1n) is 8.37. The molecule has 140 valence electrons. The topological polar surface area (TPSA) is 81.7 Å². The molecule has 0 radical (unpaired) electrons. The Morgan fingerprint density at radius 1 is 1.15 bits per heavy atom. The van der Waals surface area contributed by atoms with E-state index in [0.717, 1.165) is 11.1 Å². The first kappa shape index (κ1) is 18.9. The second kappa shape index (κ2) is 7.80. The molecule has 27 heavy (non-hydrogen) atoms. The van der Waals surface area contributed by atoms with Crippen molar-refractivity contribution in [2.75, 3.05) is 18.5 Å². The summed E-state index contributed by atoms with van der Waals surface area (Å²) in [7, 11) is 0. The Morgan fingerprint density at radius 3 is 2.67 bits per heavy atom. The van der Waals surface area contributed by atoms with Gasteiger partial charge in [0.25, 0.3) is 0 Å². The Balaban J connectivity index is 1.52. The molecule has 0 aromatic heterocycles. The van der Waals surface area contributed by atoms with Crippen molar-refractivity contribution in [3.63, 3.8) is 0 Å². The maximum atomic E-state index is 12.3. The van der Waals surface area contributed by atoms with E-state index in [1.54, 1.807) is 43.3 Å². The van der Waals surface area contributed by atoms with E-state index in [1.807, 2.05) is 6.92 Å². The minimum atomic E-state index is -0.651. The Hall–Kier alpha value is -2.86. The molecule has 0 aliphatic carbocycles. The molecule has 7 heteroatoms. The molecule has 2 aromatic carbocycles. The molecular formula is C20H18ClNO5. The second-order valence-corrected chi connectivity index (χ2v) is 6.70. The summed E-state index contributed by atoms with van der Waals surface area (Å²) in [5, 5.41) is 3.35. The molecule has 1 amide bonds. The predicted octanol–water partition coefficient (Wildman–Crippen LogP) is 3.51. The molecule has 0 unspecified atom stereocenters. The van der Waals surface area contributed by atoms with Crippen LogP contribution in [-0.4, -0.2) is 30.9 Å². The number of benzene rings is 2. The summed E-state index contributed by atoms with van der Waals surface area (Å²) in [5.41, 5.74) is 2.68. The minimum Gasteiger partial charge on any atom is -0.482 e. The molecule has 1 atom stereocenters. The van der Waals surface area contributed by atoms with Crippen molar-refractivity contribution in [2.24, 2.45) is 0 Å². The first-order chi connectivity index (χ1) is 12.8. The molecule has 3 rings (SSSR count). The van der Waals surface area contributed by atoms with Crippen LogP contribution < -0.4 is 10.1 Å². The van der Waals surface area contributed by atoms with E-state index in [1.165, 1.54) is 0 Å². The van der Waals surface area contributed by atoms with Crippen LogP contribution in [0, 0.1) is 6.92 Å². The largest absolute Gasteiger partial charge is 0.482 e. The molecule has 1 N–H and O–H groups in total. The van der Waals surface area contributed by atoms with Gasteiger partial charge in [0.2, 0.25) is 5.91 Å². The smallest absolute Gasteiger partial charge is 0.344 e. The lowest BCUT2D eigenvalue weighted by Gasteiger charge is -2.09. The van der Waals surface area contributed by atoms with Crippen molar-refractivity contribution >= 4 is 34.9 Å². The van der Waals surface area contributed by atoms with Gasteiger partial charge in [-0.05, 0) is 61.4 Å². The Labute approximate surface area is 161 Å². The van der Waals surface area contributed by atoms with Crippen LogP contribution in [0.15, 0.2) is 36.4 Å². The number of hydrogen-bond acceptors (Lipinski definition) is 5. The van der Waals surface area contributed by atoms with Crippen LogP contribution in [0.1, 0.15) is 34.3 Å². The summed E-state index contributed by atoms with van der Waals surface area (Å²) >= 11 is 5.93. The minimum absolute atomic E-state index is 0.101. The van der Waals surface area contributed by atoms with Crippen LogP contribution in [0.2, 0.25) is 5.02 Å². The van der Waals surface area contributed by atoms with E-state index in [2.05, 4.69) is 5.32 Å². The summed E-state index contributed by atoms with van der Waals surface area (Å²) in [5.74, 6) is -0.922. The van der Waals surface area contributed by atoms with Gasteiger partial charge in [0, 0.05) is 16.3 Å². The van der Waals surface area contributed by atoms with Crippen LogP contribution in [0.25, 0.3) is 0 Å². The van der Waals surface area contributed by atoms with Gasteiger partial charge < -0.3 is 14.8 Å². The Bertz CT molecular complexity index is 925. The average Bonchev–Trinajstić information content (AvgIpc) is 2.94. The van der Waals surface area contributed by atoms with Crippen LogP contribution >= 0.6 is 11.6 Å². The molecule has 0 saturated carbocycles. The first-order valence-corrected chi connectivity index (χ1v) is 8.75. The maximum absolute atomic E-state index is 12.3. The number of esters is 1. The number of nitrogens with one attached hydrogen (secondary N) is 1. The van der Waals surface area contributed by atoms with Crippen molar-refractivity contribution < 1.29 is 23.9 Å². The number of hydrogen-bond donors (Lipinski definition) is 1. The zero-order valence-electron chi connectivity index (χ0n) is 14.9. The highest BCUT2D eigenvalue weighted by molar-refractivity contribution is 6.31. The Kier molecular flexibility index (Phi) is 5.46. The summed E-state index contributed by atoms with van der Waals surface area (Å²) in [4.78, 5) is 35.7. The molecule has 0 bridgehead atoms. The quantitative estimate of drug-likeness (QED) is 0.606. The van der Waals surface area contributed by atoms with Gasteiger partial charge in [0.05, 0.1) is 5.92 Å². The van der Waals surface area contributed by atoms with Gasteiger partial charge in [0.15, 0.2) is 19.0 Å². The van der Waals surface area contributed by atoms with Gasteiger partial charge in [-0.3, -0.25) is 9.59 Å². The van der Waals surface area contributed by atoms with E-state index >= 15 is 0 Å². The van der Waals surface area contributed by atoms with E-state index < -0.39 is 12.6 Å². The number of ether oxygens (including phenoxy) is 2. The lowest BCUT2D eigenvalue weighted by atomic mass is 9.99. The monoisotopic (exact) mass is 387 g/mol. The number of carbonyl (C=O) groups is 3. The van der Waals surface area contributed by atoms with E-state index in [-0.39, 0.29) is 24.2 Å². The van der Waals surface area contributed by atoms with Crippen LogP contribution in [0.4, 0.5) is 5.69 Å². The zero-order valence-corrected chi connectivity index (χ0v) is 15.6. The average molecular weight is 388 g/mol. The van der Waals surface area contributed by atoms with Crippen LogP contribution in [0.3, 0.4) is 0 Å². The number of fused-ring (bicyclic) bond motifs is 1.